The summed E-state index contributed by atoms with van der Waals surface area (Å²) in [6, 6.07) is 3.55. The molecule has 1 amide bonds. The Hall–Kier alpha value is -1.42. The molecule has 92 valence electrons. The van der Waals surface area contributed by atoms with Crippen molar-refractivity contribution in [1.29, 1.82) is 0 Å². The Labute approximate surface area is 102 Å². The molecular weight excluding hydrogens is 214 g/mol. The maximum Gasteiger partial charge on any atom is 0.251 e. The normalized spacial score (nSPS) is 17.9. The number of hydrogen-bond donors (Lipinski definition) is 2. The summed E-state index contributed by atoms with van der Waals surface area (Å²) in [5, 5.41) is 3.03. The Morgan fingerprint density at radius 3 is 2.65 bits per heavy atom. The van der Waals surface area contributed by atoms with Gasteiger partial charge in [0.2, 0.25) is 0 Å². The summed E-state index contributed by atoms with van der Waals surface area (Å²) in [6.45, 7) is 0.515. The highest BCUT2D eigenvalue weighted by Crippen LogP contribution is 2.27. The van der Waals surface area contributed by atoms with Crippen LogP contribution < -0.4 is 11.1 Å². The Kier molecular flexibility index (Phi) is 4.09. The molecule has 1 aliphatic carbocycles. The summed E-state index contributed by atoms with van der Waals surface area (Å²) in [4.78, 5) is 15.9. The molecule has 3 N–H and O–H groups in total. The lowest BCUT2D eigenvalue weighted by molar-refractivity contribution is 0.0924. The van der Waals surface area contributed by atoms with Crippen molar-refractivity contribution in [2.24, 2.45) is 11.7 Å². The minimum atomic E-state index is -0.0465. The van der Waals surface area contributed by atoms with Crippen LogP contribution in [0.2, 0.25) is 0 Å². The summed E-state index contributed by atoms with van der Waals surface area (Å²) >= 11 is 0. The van der Waals surface area contributed by atoms with Crippen LogP contribution >= 0.6 is 0 Å². The van der Waals surface area contributed by atoms with Crippen LogP contribution in [-0.2, 0) is 0 Å². The number of nitrogens with one attached hydrogen (secondary N) is 1. The number of carbonyl (C=O) groups excluding carboxylic acids is 1. The van der Waals surface area contributed by atoms with Gasteiger partial charge in [-0.2, -0.15) is 0 Å². The summed E-state index contributed by atoms with van der Waals surface area (Å²) in [7, 11) is 0. The van der Waals surface area contributed by atoms with Crippen LogP contribution in [0.5, 0.6) is 0 Å². The van der Waals surface area contributed by atoms with Crippen LogP contribution in [-0.4, -0.2) is 23.5 Å². The van der Waals surface area contributed by atoms with E-state index in [1.807, 2.05) is 0 Å². The van der Waals surface area contributed by atoms with Crippen molar-refractivity contribution < 1.29 is 4.79 Å². The smallest absolute Gasteiger partial charge is 0.251 e. The van der Waals surface area contributed by atoms with E-state index < -0.39 is 0 Å². The third kappa shape index (κ3) is 3.03. The number of carbonyl (C=O) groups is 1. The molecule has 4 heteroatoms. The molecule has 1 aromatic rings. The number of nitrogens with zero attached hydrogens (tertiary/aromatic N) is 1. The van der Waals surface area contributed by atoms with E-state index in [1.54, 1.807) is 24.5 Å². The number of aromatic nitrogens is 1. The van der Waals surface area contributed by atoms with Gasteiger partial charge in [-0.05, 0) is 30.9 Å². The molecule has 0 saturated heterocycles. The second-order valence-electron chi connectivity index (χ2n) is 4.60. The maximum absolute atomic E-state index is 12.0. The Morgan fingerprint density at radius 1 is 1.41 bits per heavy atom. The molecule has 1 atom stereocenters. The van der Waals surface area contributed by atoms with Gasteiger partial charge in [0.15, 0.2) is 0 Å². The van der Waals surface area contributed by atoms with Crippen molar-refractivity contribution in [3.63, 3.8) is 0 Å². The van der Waals surface area contributed by atoms with Gasteiger partial charge in [-0.15, -0.1) is 0 Å². The van der Waals surface area contributed by atoms with Crippen molar-refractivity contribution in [2.75, 3.05) is 6.54 Å². The fraction of sp³-hybridized carbons (Fsp3) is 0.538. The van der Waals surface area contributed by atoms with E-state index in [-0.39, 0.29) is 11.9 Å². The lowest BCUT2D eigenvalue weighted by Gasteiger charge is -2.23. The van der Waals surface area contributed by atoms with Gasteiger partial charge < -0.3 is 11.1 Å². The average Bonchev–Trinajstić information content (AvgIpc) is 2.90. The van der Waals surface area contributed by atoms with Gasteiger partial charge in [0.05, 0.1) is 0 Å². The predicted molar refractivity (Wildman–Crippen MR) is 66.5 cm³/mol. The maximum atomic E-state index is 12.0. The monoisotopic (exact) mass is 233 g/mol. The van der Waals surface area contributed by atoms with E-state index in [9.17, 15) is 4.79 Å². The largest absolute Gasteiger partial charge is 0.348 e. The molecule has 1 aromatic heterocycles. The van der Waals surface area contributed by atoms with Crippen molar-refractivity contribution in [1.82, 2.24) is 10.3 Å². The van der Waals surface area contributed by atoms with Crippen LogP contribution in [0.4, 0.5) is 0 Å². The zero-order valence-corrected chi connectivity index (χ0v) is 9.93. The Balaban J connectivity index is 1.96. The van der Waals surface area contributed by atoms with E-state index in [2.05, 4.69) is 10.3 Å². The van der Waals surface area contributed by atoms with Gasteiger partial charge >= 0.3 is 0 Å². The topological polar surface area (TPSA) is 68.0 Å². The Bertz CT molecular complexity index is 360. The Morgan fingerprint density at radius 2 is 2.06 bits per heavy atom. The zero-order valence-electron chi connectivity index (χ0n) is 9.93. The first-order valence-corrected chi connectivity index (χ1v) is 6.22. The number of pyridine rings is 1. The second-order valence-corrected chi connectivity index (χ2v) is 4.60. The van der Waals surface area contributed by atoms with Gasteiger partial charge in [-0.25, -0.2) is 0 Å². The highest BCUT2D eigenvalue weighted by molar-refractivity contribution is 5.94. The molecular formula is C13H19N3O. The number of rotatable bonds is 4. The highest BCUT2D eigenvalue weighted by Gasteiger charge is 2.25. The summed E-state index contributed by atoms with van der Waals surface area (Å²) in [5.41, 5.74) is 6.40. The lowest BCUT2D eigenvalue weighted by Crippen LogP contribution is -2.44. The van der Waals surface area contributed by atoms with Crippen molar-refractivity contribution in [3.05, 3.63) is 30.1 Å². The van der Waals surface area contributed by atoms with Gasteiger partial charge in [0.25, 0.3) is 5.91 Å². The molecule has 17 heavy (non-hydrogen) atoms. The van der Waals surface area contributed by atoms with Gasteiger partial charge in [-0.1, -0.05) is 12.8 Å². The average molecular weight is 233 g/mol. The van der Waals surface area contributed by atoms with E-state index in [0.29, 0.717) is 18.0 Å². The molecule has 0 radical (unpaired) electrons. The first kappa shape index (κ1) is 12.0. The predicted octanol–water partition coefficient (Wildman–Crippen LogP) is 1.33. The van der Waals surface area contributed by atoms with Crippen LogP contribution in [0.3, 0.4) is 0 Å². The standard InChI is InChI=1S/C13H19N3O/c14-9-12(10-3-1-2-4-10)16-13(17)11-5-7-15-8-6-11/h5-8,10,12H,1-4,9,14H2,(H,16,17). The van der Waals surface area contributed by atoms with Crippen LogP contribution in [0.25, 0.3) is 0 Å². The number of amides is 1. The first-order valence-electron chi connectivity index (χ1n) is 6.22. The third-order valence-corrected chi connectivity index (χ3v) is 3.48. The van der Waals surface area contributed by atoms with Crippen LogP contribution in [0.1, 0.15) is 36.0 Å². The zero-order chi connectivity index (χ0) is 12.1. The number of nitrogens with two attached hydrogens (primary N) is 1. The molecule has 0 bridgehead atoms. The van der Waals surface area contributed by atoms with Crippen LogP contribution in [0.15, 0.2) is 24.5 Å². The summed E-state index contributed by atoms with van der Waals surface area (Å²) in [5.74, 6) is 0.500. The quantitative estimate of drug-likeness (QED) is 0.824. The van der Waals surface area contributed by atoms with Gasteiger partial charge in [-0.3, -0.25) is 9.78 Å². The van der Waals surface area contributed by atoms with E-state index >= 15 is 0 Å². The first-order chi connectivity index (χ1) is 8.31. The van der Waals surface area contributed by atoms with Gasteiger partial charge in [0, 0.05) is 30.5 Å². The molecule has 1 heterocycles. The summed E-state index contributed by atoms with van der Waals surface area (Å²) in [6.07, 6.45) is 8.12. The van der Waals surface area contributed by atoms with Crippen LogP contribution in [0, 0.1) is 5.92 Å². The van der Waals surface area contributed by atoms with E-state index in [1.165, 1.54) is 25.7 Å². The minimum absolute atomic E-state index is 0.0465. The second kappa shape index (κ2) is 5.77. The fourth-order valence-electron chi connectivity index (χ4n) is 2.48. The van der Waals surface area contributed by atoms with E-state index in [4.69, 9.17) is 5.73 Å². The molecule has 0 aromatic carbocycles. The molecule has 1 aliphatic rings. The van der Waals surface area contributed by atoms with Crippen molar-refractivity contribution in [2.45, 2.75) is 31.7 Å². The van der Waals surface area contributed by atoms with Gasteiger partial charge in [0.1, 0.15) is 0 Å². The van der Waals surface area contributed by atoms with Crippen molar-refractivity contribution in [3.8, 4) is 0 Å². The molecule has 0 spiro atoms. The molecule has 1 saturated carbocycles. The molecule has 4 nitrogen and oxygen atoms in total. The van der Waals surface area contributed by atoms with E-state index in [0.717, 1.165) is 0 Å². The number of hydrogen-bond acceptors (Lipinski definition) is 3. The molecule has 1 unspecified atom stereocenters. The molecule has 2 rings (SSSR count). The molecule has 0 aliphatic heterocycles. The lowest BCUT2D eigenvalue weighted by atomic mass is 9.98. The SMILES string of the molecule is NCC(NC(=O)c1ccncc1)C1CCCC1. The minimum Gasteiger partial charge on any atom is -0.348 e. The summed E-state index contributed by atoms with van der Waals surface area (Å²) < 4.78 is 0. The molecule has 1 fully saturated rings. The third-order valence-electron chi connectivity index (χ3n) is 3.48. The van der Waals surface area contributed by atoms with Crippen molar-refractivity contribution >= 4 is 5.91 Å². The highest BCUT2D eigenvalue weighted by atomic mass is 16.1. The fourth-order valence-corrected chi connectivity index (χ4v) is 2.48.